The molecule has 0 aliphatic heterocycles. The lowest BCUT2D eigenvalue weighted by Crippen LogP contribution is -2.30. The van der Waals surface area contributed by atoms with Gasteiger partial charge in [-0.2, -0.15) is 0 Å². The lowest BCUT2D eigenvalue weighted by molar-refractivity contribution is -0.167. The summed E-state index contributed by atoms with van der Waals surface area (Å²) in [6, 6.07) is 0. The molecule has 0 fully saturated rings. The summed E-state index contributed by atoms with van der Waals surface area (Å²) in [6.45, 7) is 6.53. The van der Waals surface area contributed by atoms with Gasteiger partial charge in [-0.3, -0.25) is 14.4 Å². The fourth-order valence-electron chi connectivity index (χ4n) is 10.4. The number of allylic oxidation sites excluding steroid dienone is 8. The number of esters is 3. The van der Waals surface area contributed by atoms with Crippen LogP contribution in [0.3, 0.4) is 0 Å². The molecule has 0 amide bonds. The molecule has 0 aliphatic carbocycles. The predicted octanol–water partition coefficient (Wildman–Crippen LogP) is 23.7. The average molecular weight is 1090 g/mol. The second-order valence-corrected chi connectivity index (χ2v) is 23.4. The quantitative estimate of drug-likeness (QED) is 0.0261. The largest absolute Gasteiger partial charge is 0.462 e. The zero-order valence-electron chi connectivity index (χ0n) is 52.5. The fraction of sp³-hybridized carbons (Fsp3) is 0.847. The van der Waals surface area contributed by atoms with Gasteiger partial charge in [0.15, 0.2) is 6.10 Å². The maximum atomic E-state index is 12.9. The Kier molecular flexibility index (Phi) is 64.6. The number of hydrogen-bond acceptors (Lipinski definition) is 6. The van der Waals surface area contributed by atoms with Crippen molar-refractivity contribution >= 4 is 17.9 Å². The van der Waals surface area contributed by atoms with Crippen LogP contribution < -0.4 is 0 Å². The molecule has 0 radical (unpaired) electrons. The highest BCUT2D eigenvalue weighted by atomic mass is 16.6. The van der Waals surface area contributed by atoms with E-state index in [2.05, 4.69) is 69.4 Å². The van der Waals surface area contributed by atoms with Crippen LogP contribution in [0.5, 0.6) is 0 Å². The van der Waals surface area contributed by atoms with E-state index in [0.717, 1.165) is 83.5 Å². The van der Waals surface area contributed by atoms with Crippen LogP contribution in [0.1, 0.15) is 374 Å². The van der Waals surface area contributed by atoms with Crippen molar-refractivity contribution in [3.8, 4) is 0 Å². The fourth-order valence-corrected chi connectivity index (χ4v) is 10.4. The van der Waals surface area contributed by atoms with Crippen molar-refractivity contribution in [3.05, 3.63) is 48.6 Å². The van der Waals surface area contributed by atoms with Gasteiger partial charge in [-0.25, -0.2) is 0 Å². The highest BCUT2D eigenvalue weighted by molar-refractivity contribution is 5.71. The number of unbranched alkanes of at least 4 members (excludes halogenated alkanes) is 45. The molecule has 0 N–H and O–H groups in total. The number of hydrogen-bond donors (Lipinski definition) is 0. The first-order chi connectivity index (χ1) is 38.5. The standard InChI is InChI=1S/C72H132O6/c1-4-7-10-13-16-18-20-22-24-26-28-30-32-34-36-38-40-42-44-46-48-50-52-54-56-59-62-65-71(74)77-68-69(67-76-70(73)64-61-58-15-12-9-6-3)78-72(75)66-63-60-57-55-53-51-49-47-45-43-41-39-37-35-33-31-29-27-25-23-21-19-17-14-11-8-5-2/h7,10,16,18,22,24,28,30,69H,4-6,8-9,11-15,17,19-21,23,25-27,29,31-68H2,1-3H3/b10-7-,18-16-,24-22-,30-28-. The molecule has 0 saturated heterocycles. The molecule has 0 rings (SSSR count). The summed E-state index contributed by atoms with van der Waals surface area (Å²) in [6.07, 6.45) is 84.7. The van der Waals surface area contributed by atoms with Crippen molar-refractivity contribution in [2.24, 2.45) is 0 Å². The third-order valence-corrected chi connectivity index (χ3v) is 15.6. The number of carbonyl (C=O) groups is 3. The van der Waals surface area contributed by atoms with Gasteiger partial charge in [0.2, 0.25) is 0 Å². The first-order valence-corrected chi connectivity index (χ1v) is 34.6. The number of ether oxygens (including phenoxy) is 3. The van der Waals surface area contributed by atoms with E-state index < -0.39 is 6.10 Å². The molecule has 1 unspecified atom stereocenters. The van der Waals surface area contributed by atoms with Gasteiger partial charge in [0, 0.05) is 19.3 Å². The molecular formula is C72H132O6. The van der Waals surface area contributed by atoms with Crippen LogP contribution in [-0.4, -0.2) is 37.2 Å². The summed E-state index contributed by atoms with van der Waals surface area (Å²) in [5, 5.41) is 0. The van der Waals surface area contributed by atoms with Gasteiger partial charge in [0.25, 0.3) is 0 Å². The molecular weight excluding hydrogens is 961 g/mol. The Labute approximate surface area is 486 Å². The topological polar surface area (TPSA) is 78.9 Å². The van der Waals surface area contributed by atoms with E-state index in [9.17, 15) is 14.4 Å². The van der Waals surface area contributed by atoms with Crippen molar-refractivity contribution < 1.29 is 28.6 Å². The van der Waals surface area contributed by atoms with E-state index in [1.807, 2.05) is 0 Å². The lowest BCUT2D eigenvalue weighted by atomic mass is 10.0. The van der Waals surface area contributed by atoms with Gasteiger partial charge in [-0.1, -0.05) is 345 Å². The van der Waals surface area contributed by atoms with Crippen molar-refractivity contribution in [1.29, 1.82) is 0 Å². The van der Waals surface area contributed by atoms with Crippen LogP contribution in [0.2, 0.25) is 0 Å². The summed E-state index contributed by atoms with van der Waals surface area (Å²) in [7, 11) is 0. The van der Waals surface area contributed by atoms with Gasteiger partial charge in [-0.05, 0) is 57.8 Å². The van der Waals surface area contributed by atoms with E-state index in [-0.39, 0.29) is 31.1 Å². The smallest absolute Gasteiger partial charge is 0.306 e. The second-order valence-electron chi connectivity index (χ2n) is 23.4. The van der Waals surface area contributed by atoms with Gasteiger partial charge >= 0.3 is 17.9 Å². The van der Waals surface area contributed by atoms with Crippen molar-refractivity contribution in [3.63, 3.8) is 0 Å². The minimum atomic E-state index is -0.768. The van der Waals surface area contributed by atoms with Crippen LogP contribution in [0.25, 0.3) is 0 Å². The summed E-state index contributed by atoms with van der Waals surface area (Å²) in [5.41, 5.74) is 0. The highest BCUT2D eigenvalue weighted by Gasteiger charge is 2.19. The molecule has 0 bridgehead atoms. The summed E-state index contributed by atoms with van der Waals surface area (Å²) < 4.78 is 16.9. The molecule has 0 aromatic carbocycles. The molecule has 6 nitrogen and oxygen atoms in total. The van der Waals surface area contributed by atoms with E-state index in [1.165, 1.54) is 250 Å². The molecule has 0 spiro atoms. The highest BCUT2D eigenvalue weighted by Crippen LogP contribution is 2.19. The predicted molar refractivity (Wildman–Crippen MR) is 339 cm³/mol. The molecule has 78 heavy (non-hydrogen) atoms. The average Bonchev–Trinajstić information content (AvgIpc) is 3.44. The maximum absolute atomic E-state index is 12.9. The van der Waals surface area contributed by atoms with E-state index >= 15 is 0 Å². The molecule has 6 heteroatoms. The summed E-state index contributed by atoms with van der Waals surface area (Å²) >= 11 is 0. The normalized spacial score (nSPS) is 12.3. The van der Waals surface area contributed by atoms with Gasteiger partial charge in [0.1, 0.15) is 13.2 Å². The van der Waals surface area contributed by atoms with E-state index in [1.54, 1.807) is 0 Å². The van der Waals surface area contributed by atoms with Gasteiger partial charge in [-0.15, -0.1) is 0 Å². The molecule has 1 atom stereocenters. The molecule has 0 aromatic rings. The lowest BCUT2D eigenvalue weighted by Gasteiger charge is -2.18. The Bertz CT molecular complexity index is 1350. The Morgan fingerprint density at radius 3 is 0.782 bits per heavy atom. The Balaban J connectivity index is 3.99. The third kappa shape index (κ3) is 64.2. The molecule has 0 heterocycles. The van der Waals surface area contributed by atoms with E-state index in [4.69, 9.17) is 14.2 Å². The van der Waals surface area contributed by atoms with Crippen LogP contribution in [0.15, 0.2) is 48.6 Å². The van der Waals surface area contributed by atoms with Crippen LogP contribution in [0, 0.1) is 0 Å². The second kappa shape index (κ2) is 66.9. The van der Waals surface area contributed by atoms with Crippen molar-refractivity contribution in [2.75, 3.05) is 13.2 Å². The number of carbonyl (C=O) groups excluding carboxylic acids is 3. The minimum absolute atomic E-state index is 0.0684. The minimum Gasteiger partial charge on any atom is -0.462 e. The molecule has 0 saturated carbocycles. The van der Waals surface area contributed by atoms with Crippen molar-refractivity contribution in [1.82, 2.24) is 0 Å². The first kappa shape index (κ1) is 75.4. The van der Waals surface area contributed by atoms with E-state index in [0.29, 0.717) is 19.3 Å². The Morgan fingerprint density at radius 1 is 0.269 bits per heavy atom. The number of rotatable bonds is 64. The monoisotopic (exact) mass is 1090 g/mol. The van der Waals surface area contributed by atoms with Gasteiger partial charge < -0.3 is 14.2 Å². The van der Waals surface area contributed by atoms with Crippen molar-refractivity contribution in [2.45, 2.75) is 380 Å². The third-order valence-electron chi connectivity index (χ3n) is 15.6. The summed E-state index contributed by atoms with van der Waals surface area (Å²) in [5.74, 6) is -0.855. The Morgan fingerprint density at radius 2 is 0.500 bits per heavy atom. The molecule has 0 aromatic heterocycles. The van der Waals surface area contributed by atoms with Gasteiger partial charge in [0.05, 0.1) is 0 Å². The molecule has 456 valence electrons. The zero-order valence-corrected chi connectivity index (χ0v) is 52.5. The molecule has 0 aliphatic rings. The van der Waals surface area contributed by atoms with Crippen LogP contribution in [-0.2, 0) is 28.6 Å². The summed E-state index contributed by atoms with van der Waals surface area (Å²) in [4.78, 5) is 38.1. The zero-order chi connectivity index (χ0) is 56.4. The SMILES string of the molecule is CC/C=C\C/C=C\C/C=C\C/C=C\CCCCCCCCCCCCCCCCC(=O)OCC(COC(=O)CCCCCCCC)OC(=O)CCCCCCCCCCCCCCCCCCCCCCCCCCCCC. The first-order valence-electron chi connectivity index (χ1n) is 34.6. The maximum Gasteiger partial charge on any atom is 0.306 e. The van der Waals surface area contributed by atoms with Crippen LogP contribution >= 0.6 is 0 Å². The Hall–Kier alpha value is -2.63. The van der Waals surface area contributed by atoms with Crippen LogP contribution in [0.4, 0.5) is 0 Å².